The molecule has 2 aromatic heterocycles. The van der Waals surface area contributed by atoms with Gasteiger partial charge in [-0.05, 0) is 29.8 Å². The zero-order valence-electron chi connectivity index (χ0n) is 15.3. The van der Waals surface area contributed by atoms with Gasteiger partial charge in [-0.2, -0.15) is 13.2 Å². The maximum absolute atomic E-state index is 13.4. The largest absolute Gasteiger partial charge is 0.433 e. The molecule has 0 saturated heterocycles. The van der Waals surface area contributed by atoms with Crippen molar-refractivity contribution < 1.29 is 13.2 Å². The minimum absolute atomic E-state index is 0.263. The smallest absolute Gasteiger partial charge is 0.371 e. The zero-order chi connectivity index (χ0) is 20.6. The number of rotatable bonds is 4. The predicted molar refractivity (Wildman–Crippen MR) is 107 cm³/mol. The topological polar surface area (TPSA) is 42.7 Å². The Morgan fingerprint density at radius 2 is 1.79 bits per heavy atom. The Morgan fingerprint density at radius 1 is 1.07 bits per heavy atom. The fraction of sp³-hybridized carbons (Fsp3) is 0.143. The summed E-state index contributed by atoms with van der Waals surface area (Å²) in [6.07, 6.45) is -1.13. The Balaban J connectivity index is 1.87. The van der Waals surface area contributed by atoms with Gasteiger partial charge in [-0.1, -0.05) is 41.9 Å². The number of aromatic nitrogens is 3. The number of aryl methyl sites for hydroxylation is 1. The number of alkyl halides is 3. The van der Waals surface area contributed by atoms with Gasteiger partial charge in [0.1, 0.15) is 17.6 Å². The van der Waals surface area contributed by atoms with Crippen LogP contribution in [0.25, 0.3) is 10.9 Å². The van der Waals surface area contributed by atoms with Gasteiger partial charge in [0.2, 0.25) is 0 Å². The van der Waals surface area contributed by atoms with Crippen LogP contribution in [0.5, 0.6) is 0 Å². The van der Waals surface area contributed by atoms with Crippen molar-refractivity contribution in [3.63, 3.8) is 0 Å². The molecule has 0 saturated carbocycles. The highest BCUT2D eigenvalue weighted by Crippen LogP contribution is 2.35. The molecule has 0 bridgehead atoms. The summed E-state index contributed by atoms with van der Waals surface area (Å²) in [6.45, 7) is 0. The van der Waals surface area contributed by atoms with E-state index >= 15 is 0 Å². The van der Waals surface area contributed by atoms with E-state index in [0.29, 0.717) is 21.9 Å². The van der Waals surface area contributed by atoms with Crippen LogP contribution in [0, 0.1) is 0 Å². The van der Waals surface area contributed by atoms with E-state index in [0.717, 1.165) is 11.6 Å². The number of fused-ring (bicyclic) bond motifs is 1. The number of nitrogens with one attached hydrogen (secondary N) is 1. The molecular weight excluding hydrogens is 401 g/mol. The molecule has 8 heteroatoms. The molecule has 0 fully saturated rings. The summed E-state index contributed by atoms with van der Waals surface area (Å²) in [5, 5.41) is 4.41. The van der Waals surface area contributed by atoms with Crippen LogP contribution in [0.4, 0.5) is 18.9 Å². The van der Waals surface area contributed by atoms with Gasteiger partial charge in [-0.25, -0.2) is 9.97 Å². The van der Waals surface area contributed by atoms with Gasteiger partial charge >= 0.3 is 6.18 Å². The predicted octanol–water partition coefficient (Wildman–Crippen LogP) is 5.84. The van der Waals surface area contributed by atoms with Gasteiger partial charge in [0, 0.05) is 35.5 Å². The molecule has 1 N–H and O–H groups in total. The van der Waals surface area contributed by atoms with Crippen molar-refractivity contribution in [2.24, 2.45) is 7.05 Å². The summed E-state index contributed by atoms with van der Waals surface area (Å²) in [7, 11) is 1.83. The highest BCUT2D eigenvalue weighted by atomic mass is 35.5. The van der Waals surface area contributed by atoms with Gasteiger partial charge in [-0.3, -0.25) is 0 Å². The number of hydrogen-bond acceptors (Lipinski definition) is 3. The van der Waals surface area contributed by atoms with E-state index in [1.807, 2.05) is 23.7 Å². The van der Waals surface area contributed by atoms with E-state index < -0.39 is 17.9 Å². The lowest BCUT2D eigenvalue weighted by Crippen LogP contribution is -2.18. The molecule has 0 aliphatic heterocycles. The van der Waals surface area contributed by atoms with Crippen LogP contribution in [0.15, 0.2) is 67.0 Å². The quantitative estimate of drug-likeness (QED) is 0.454. The molecule has 4 aromatic rings. The van der Waals surface area contributed by atoms with Crippen molar-refractivity contribution in [3.8, 4) is 0 Å². The lowest BCUT2D eigenvalue weighted by molar-refractivity contribution is -0.140. The first kappa shape index (κ1) is 19.3. The standard InChI is InChI=1S/C21H16ClF3N4/c1-29-11-10-26-20(29)19(13-6-8-14(22)9-7-13)28-17-12-18(21(23,24)25)27-16-5-3-2-4-15(16)17/h2-12,19H,1H3,(H,27,28)/t19-/m0/s1. The lowest BCUT2D eigenvalue weighted by atomic mass is 10.0. The number of halogens is 4. The number of benzene rings is 2. The summed E-state index contributed by atoms with van der Waals surface area (Å²) in [5.74, 6) is 0.654. The maximum Gasteiger partial charge on any atom is 0.433 e. The average Bonchev–Trinajstić information content (AvgIpc) is 3.11. The first-order chi connectivity index (χ1) is 13.8. The molecule has 148 valence electrons. The van der Waals surface area contributed by atoms with E-state index in [1.54, 1.807) is 48.8 Å². The molecule has 29 heavy (non-hydrogen) atoms. The summed E-state index contributed by atoms with van der Waals surface area (Å²) in [4.78, 5) is 8.17. The third kappa shape index (κ3) is 3.91. The molecular formula is C21H16ClF3N4. The van der Waals surface area contributed by atoms with Crippen molar-refractivity contribution in [2.75, 3.05) is 5.32 Å². The summed E-state index contributed by atoms with van der Waals surface area (Å²) in [6, 6.07) is 14.4. The maximum atomic E-state index is 13.4. The summed E-state index contributed by atoms with van der Waals surface area (Å²) >= 11 is 6.01. The van der Waals surface area contributed by atoms with Crippen LogP contribution in [0.3, 0.4) is 0 Å². The Kier molecular flexibility index (Phi) is 4.92. The second-order valence-electron chi connectivity index (χ2n) is 6.60. The van der Waals surface area contributed by atoms with Crippen molar-refractivity contribution in [1.82, 2.24) is 14.5 Å². The van der Waals surface area contributed by atoms with E-state index in [-0.39, 0.29) is 5.52 Å². The average molecular weight is 417 g/mol. The van der Waals surface area contributed by atoms with Crippen LogP contribution < -0.4 is 5.32 Å². The van der Waals surface area contributed by atoms with Gasteiger partial charge < -0.3 is 9.88 Å². The number of nitrogens with zero attached hydrogens (tertiary/aromatic N) is 3. The molecule has 0 aliphatic carbocycles. The van der Waals surface area contributed by atoms with Crippen molar-refractivity contribution in [2.45, 2.75) is 12.2 Å². The van der Waals surface area contributed by atoms with Crippen molar-refractivity contribution >= 4 is 28.2 Å². The van der Waals surface area contributed by atoms with Gasteiger partial charge in [0.25, 0.3) is 0 Å². The molecule has 4 nitrogen and oxygen atoms in total. The van der Waals surface area contributed by atoms with Crippen LogP contribution in [0.2, 0.25) is 5.02 Å². The Bertz CT molecular complexity index is 1150. The second kappa shape index (κ2) is 7.40. The number of hydrogen-bond donors (Lipinski definition) is 1. The molecule has 2 heterocycles. The third-order valence-corrected chi connectivity index (χ3v) is 4.88. The molecule has 4 rings (SSSR count). The zero-order valence-corrected chi connectivity index (χ0v) is 16.0. The van der Waals surface area contributed by atoms with Crippen molar-refractivity contribution in [1.29, 1.82) is 0 Å². The molecule has 0 aliphatic rings. The highest BCUT2D eigenvalue weighted by Gasteiger charge is 2.33. The third-order valence-electron chi connectivity index (χ3n) is 4.63. The van der Waals surface area contributed by atoms with E-state index in [2.05, 4.69) is 15.3 Å². The SMILES string of the molecule is Cn1ccnc1[C@@H](Nc1cc(C(F)(F)F)nc2ccccc12)c1ccc(Cl)cc1. The van der Waals surface area contributed by atoms with Crippen molar-refractivity contribution in [3.05, 3.63) is 89.1 Å². The number of imidazole rings is 1. The van der Waals surface area contributed by atoms with E-state index in [4.69, 9.17) is 11.6 Å². The lowest BCUT2D eigenvalue weighted by Gasteiger charge is -2.22. The number of pyridine rings is 1. The van der Waals surface area contributed by atoms with Crippen LogP contribution in [-0.4, -0.2) is 14.5 Å². The fourth-order valence-corrected chi connectivity index (χ4v) is 3.33. The Labute approximate surface area is 170 Å². The van der Waals surface area contributed by atoms with Crippen LogP contribution >= 0.6 is 11.6 Å². The molecule has 0 radical (unpaired) electrons. The number of anilines is 1. The van der Waals surface area contributed by atoms with Gasteiger partial charge in [0.15, 0.2) is 0 Å². The molecule has 0 spiro atoms. The summed E-state index contributed by atoms with van der Waals surface area (Å²) in [5.41, 5.74) is 0.456. The highest BCUT2D eigenvalue weighted by molar-refractivity contribution is 6.30. The van der Waals surface area contributed by atoms with Crippen LogP contribution in [-0.2, 0) is 13.2 Å². The normalized spacial score (nSPS) is 12.9. The minimum atomic E-state index is -4.56. The molecule has 1 atom stereocenters. The fourth-order valence-electron chi connectivity index (χ4n) is 3.20. The van der Waals surface area contributed by atoms with E-state index in [9.17, 15) is 13.2 Å². The molecule has 0 unspecified atom stereocenters. The Hall–Kier alpha value is -3.06. The first-order valence-electron chi connectivity index (χ1n) is 8.79. The summed E-state index contributed by atoms with van der Waals surface area (Å²) < 4.78 is 42.1. The molecule has 0 amide bonds. The second-order valence-corrected chi connectivity index (χ2v) is 7.03. The van der Waals surface area contributed by atoms with E-state index in [1.165, 1.54) is 0 Å². The Morgan fingerprint density at radius 3 is 2.45 bits per heavy atom. The van der Waals surface area contributed by atoms with Gasteiger partial charge in [-0.15, -0.1) is 0 Å². The molecule has 2 aromatic carbocycles. The monoisotopic (exact) mass is 416 g/mol. The van der Waals surface area contributed by atoms with Crippen LogP contribution in [0.1, 0.15) is 23.1 Å². The first-order valence-corrected chi connectivity index (χ1v) is 9.17. The van der Waals surface area contributed by atoms with Gasteiger partial charge in [0.05, 0.1) is 5.52 Å². The number of para-hydroxylation sites is 1. The minimum Gasteiger partial charge on any atom is -0.371 e.